The van der Waals surface area contributed by atoms with Crippen molar-refractivity contribution in [2.45, 2.75) is 42.2 Å². The molecular formula is C14H21FN2O2S2. The normalized spacial score (nSPS) is 18.0. The summed E-state index contributed by atoms with van der Waals surface area (Å²) in [5.41, 5.74) is 6.11. The van der Waals surface area contributed by atoms with Crippen LogP contribution >= 0.6 is 11.8 Å². The lowest BCUT2D eigenvalue weighted by molar-refractivity contribution is 0.536. The Bertz CT molecular complexity index is 626. The number of anilines is 1. The van der Waals surface area contributed by atoms with E-state index in [9.17, 15) is 12.8 Å². The molecule has 1 fully saturated rings. The molecule has 0 spiro atoms. The largest absolute Gasteiger partial charge is 0.399 e. The van der Waals surface area contributed by atoms with Crippen LogP contribution in [0.3, 0.4) is 0 Å². The Balaban J connectivity index is 2.23. The predicted molar refractivity (Wildman–Crippen MR) is 85.5 cm³/mol. The third-order valence-corrected chi connectivity index (χ3v) is 6.88. The SMILES string of the molecule is CSC1(CNS(=O)(=O)c2cc(N)cc(C)c2F)CCCC1. The van der Waals surface area contributed by atoms with Gasteiger partial charge in [0.05, 0.1) is 0 Å². The van der Waals surface area contributed by atoms with Crippen molar-refractivity contribution in [1.29, 1.82) is 0 Å². The fourth-order valence-electron chi connectivity index (χ4n) is 2.74. The number of benzene rings is 1. The van der Waals surface area contributed by atoms with Crippen molar-refractivity contribution in [3.8, 4) is 0 Å². The van der Waals surface area contributed by atoms with Crippen LogP contribution in [0.1, 0.15) is 31.2 Å². The van der Waals surface area contributed by atoms with E-state index in [4.69, 9.17) is 5.73 Å². The van der Waals surface area contributed by atoms with Crippen LogP contribution in [-0.2, 0) is 10.0 Å². The number of hydrogen-bond donors (Lipinski definition) is 2. The van der Waals surface area contributed by atoms with Crippen molar-refractivity contribution in [3.63, 3.8) is 0 Å². The molecule has 0 unspecified atom stereocenters. The molecule has 0 atom stereocenters. The predicted octanol–water partition coefficient (Wildman–Crippen LogP) is 2.67. The molecule has 0 saturated heterocycles. The van der Waals surface area contributed by atoms with Gasteiger partial charge in [0.2, 0.25) is 10.0 Å². The first-order chi connectivity index (χ1) is 9.80. The third kappa shape index (κ3) is 3.52. The summed E-state index contributed by atoms with van der Waals surface area (Å²) in [5.74, 6) is -0.735. The number of hydrogen-bond acceptors (Lipinski definition) is 4. The second-order valence-corrected chi connectivity index (χ2v) is 8.58. The van der Waals surface area contributed by atoms with Gasteiger partial charge in [0.25, 0.3) is 0 Å². The topological polar surface area (TPSA) is 72.2 Å². The van der Waals surface area contributed by atoms with Gasteiger partial charge in [-0.15, -0.1) is 0 Å². The summed E-state index contributed by atoms with van der Waals surface area (Å²) in [4.78, 5) is -0.366. The van der Waals surface area contributed by atoms with Gasteiger partial charge in [-0.25, -0.2) is 17.5 Å². The van der Waals surface area contributed by atoms with E-state index in [1.54, 1.807) is 11.8 Å². The van der Waals surface area contributed by atoms with E-state index in [1.807, 2.05) is 6.26 Å². The first kappa shape index (κ1) is 16.6. The molecule has 1 aromatic rings. The Morgan fingerprint density at radius 1 is 1.38 bits per heavy atom. The van der Waals surface area contributed by atoms with Crippen molar-refractivity contribution >= 4 is 27.5 Å². The van der Waals surface area contributed by atoms with Gasteiger partial charge in [0.15, 0.2) is 0 Å². The molecule has 7 heteroatoms. The number of nitrogens with two attached hydrogens (primary N) is 1. The summed E-state index contributed by atoms with van der Waals surface area (Å²) in [6.07, 6.45) is 6.16. The number of nitrogens with one attached hydrogen (secondary N) is 1. The minimum atomic E-state index is -3.89. The van der Waals surface area contributed by atoms with Gasteiger partial charge in [-0.1, -0.05) is 12.8 Å². The fourth-order valence-corrected chi connectivity index (χ4v) is 5.05. The highest BCUT2D eigenvalue weighted by molar-refractivity contribution is 8.00. The van der Waals surface area contributed by atoms with Crippen molar-refractivity contribution in [1.82, 2.24) is 4.72 Å². The fraction of sp³-hybridized carbons (Fsp3) is 0.571. The van der Waals surface area contributed by atoms with Crippen LogP contribution in [0, 0.1) is 12.7 Å². The second-order valence-electron chi connectivity index (χ2n) is 5.57. The van der Waals surface area contributed by atoms with Gasteiger partial charge in [0, 0.05) is 17.0 Å². The molecule has 2 rings (SSSR count). The highest BCUT2D eigenvalue weighted by Gasteiger charge is 2.34. The zero-order valence-corrected chi connectivity index (χ0v) is 13.9. The number of aryl methyl sites for hydroxylation is 1. The first-order valence-electron chi connectivity index (χ1n) is 6.90. The molecule has 4 nitrogen and oxygen atoms in total. The van der Waals surface area contributed by atoms with Crippen LogP contribution in [0.25, 0.3) is 0 Å². The molecule has 118 valence electrons. The van der Waals surface area contributed by atoms with Gasteiger partial charge in [-0.05, 0) is 43.7 Å². The maximum absolute atomic E-state index is 14.1. The Morgan fingerprint density at radius 3 is 2.57 bits per heavy atom. The highest BCUT2D eigenvalue weighted by Crippen LogP contribution is 2.39. The van der Waals surface area contributed by atoms with Crippen LogP contribution in [0.5, 0.6) is 0 Å². The number of rotatable bonds is 5. The molecule has 0 aromatic heterocycles. The Kier molecular flexibility index (Phi) is 4.85. The Hall–Kier alpha value is -0.790. The van der Waals surface area contributed by atoms with Crippen molar-refractivity contribution in [2.24, 2.45) is 0 Å². The number of nitrogen functional groups attached to an aromatic ring is 1. The minimum Gasteiger partial charge on any atom is -0.399 e. The van der Waals surface area contributed by atoms with E-state index in [1.165, 1.54) is 19.1 Å². The van der Waals surface area contributed by atoms with E-state index in [2.05, 4.69) is 4.72 Å². The first-order valence-corrected chi connectivity index (χ1v) is 9.61. The van der Waals surface area contributed by atoms with Crippen LogP contribution in [0.2, 0.25) is 0 Å². The number of sulfonamides is 1. The molecule has 0 amide bonds. The molecule has 0 radical (unpaired) electrons. The highest BCUT2D eigenvalue weighted by atomic mass is 32.2. The van der Waals surface area contributed by atoms with Crippen LogP contribution < -0.4 is 10.5 Å². The second kappa shape index (κ2) is 6.14. The monoisotopic (exact) mass is 332 g/mol. The molecule has 0 aliphatic heterocycles. The van der Waals surface area contributed by atoms with Crippen molar-refractivity contribution < 1.29 is 12.8 Å². The summed E-state index contributed by atoms with van der Waals surface area (Å²) in [5, 5.41) is 0. The number of halogens is 1. The molecular weight excluding hydrogens is 311 g/mol. The van der Waals surface area contributed by atoms with Gasteiger partial charge in [-0.2, -0.15) is 11.8 Å². The molecule has 1 aliphatic carbocycles. The lowest BCUT2D eigenvalue weighted by Gasteiger charge is -2.26. The average Bonchev–Trinajstić information content (AvgIpc) is 2.90. The summed E-state index contributed by atoms with van der Waals surface area (Å²) >= 11 is 1.68. The van der Waals surface area contributed by atoms with Gasteiger partial charge >= 0.3 is 0 Å². The molecule has 0 bridgehead atoms. The molecule has 3 N–H and O–H groups in total. The van der Waals surface area contributed by atoms with Crippen LogP contribution in [0.15, 0.2) is 17.0 Å². The summed E-state index contributed by atoms with van der Waals surface area (Å²) in [6, 6.07) is 2.60. The number of thioether (sulfide) groups is 1. The Labute approximate surface area is 129 Å². The summed E-state index contributed by atoms with van der Waals surface area (Å²) in [7, 11) is -3.89. The smallest absolute Gasteiger partial charge is 0.243 e. The third-order valence-electron chi connectivity index (χ3n) is 4.07. The molecule has 21 heavy (non-hydrogen) atoms. The zero-order valence-electron chi connectivity index (χ0n) is 12.3. The van der Waals surface area contributed by atoms with E-state index in [0.29, 0.717) is 6.54 Å². The molecule has 1 saturated carbocycles. The van der Waals surface area contributed by atoms with E-state index >= 15 is 0 Å². The molecule has 1 aliphatic rings. The lowest BCUT2D eigenvalue weighted by Crippen LogP contribution is -2.38. The van der Waals surface area contributed by atoms with Gasteiger partial charge < -0.3 is 5.73 Å². The van der Waals surface area contributed by atoms with Gasteiger partial charge in [-0.3, -0.25) is 0 Å². The van der Waals surface area contributed by atoms with E-state index in [0.717, 1.165) is 25.7 Å². The zero-order chi connectivity index (χ0) is 15.7. The van der Waals surface area contributed by atoms with Crippen LogP contribution in [-0.4, -0.2) is 26.0 Å². The quantitative estimate of drug-likeness (QED) is 0.813. The maximum atomic E-state index is 14.1. The summed E-state index contributed by atoms with van der Waals surface area (Å²) in [6.45, 7) is 1.83. The van der Waals surface area contributed by atoms with Gasteiger partial charge in [0.1, 0.15) is 10.7 Å². The van der Waals surface area contributed by atoms with E-state index in [-0.39, 0.29) is 20.9 Å². The van der Waals surface area contributed by atoms with Crippen LogP contribution in [0.4, 0.5) is 10.1 Å². The maximum Gasteiger partial charge on any atom is 0.243 e. The minimum absolute atomic E-state index is 0.0705. The molecule has 1 aromatic carbocycles. The van der Waals surface area contributed by atoms with Crippen molar-refractivity contribution in [2.75, 3.05) is 18.5 Å². The Morgan fingerprint density at radius 2 is 2.00 bits per heavy atom. The van der Waals surface area contributed by atoms with Crippen molar-refractivity contribution in [3.05, 3.63) is 23.5 Å². The molecule has 0 heterocycles. The van der Waals surface area contributed by atoms with E-state index < -0.39 is 15.8 Å². The standard InChI is InChI=1S/C14H21FN2O2S2/c1-10-7-11(16)8-12(13(10)15)21(18,19)17-9-14(20-2)5-3-4-6-14/h7-8,17H,3-6,9,16H2,1-2H3. The average molecular weight is 332 g/mol. The lowest BCUT2D eigenvalue weighted by atomic mass is 10.1. The summed E-state index contributed by atoms with van der Waals surface area (Å²) < 4.78 is 41.3.